The number of hydrogen-bond acceptors (Lipinski definition) is 2. The van der Waals surface area contributed by atoms with Gasteiger partial charge in [-0.2, -0.15) is 13.2 Å². The second-order valence-corrected chi connectivity index (χ2v) is 3.77. The van der Waals surface area contributed by atoms with Crippen LogP contribution in [0.5, 0.6) is 0 Å². The first-order valence-corrected chi connectivity index (χ1v) is 5.01. The van der Waals surface area contributed by atoms with Gasteiger partial charge in [-0.05, 0) is 40.2 Å². The van der Waals surface area contributed by atoms with E-state index in [2.05, 4.69) is 20.9 Å². The van der Waals surface area contributed by atoms with Crippen LogP contribution in [-0.4, -0.2) is 6.21 Å². The molecule has 0 saturated carbocycles. The van der Waals surface area contributed by atoms with Crippen molar-refractivity contribution in [2.75, 3.05) is 0 Å². The lowest BCUT2D eigenvalue weighted by atomic mass is 10.2. The third-order valence-corrected chi connectivity index (χ3v) is 2.16. The van der Waals surface area contributed by atoms with E-state index in [9.17, 15) is 13.2 Å². The molecule has 1 aromatic rings. The molecule has 2 N–H and O–H groups in total. The molecule has 0 saturated heterocycles. The van der Waals surface area contributed by atoms with E-state index < -0.39 is 11.7 Å². The number of aliphatic imine (C=N–C) groups is 1. The third-order valence-electron chi connectivity index (χ3n) is 1.69. The molecule has 0 aliphatic carbocycles. The zero-order valence-electron chi connectivity index (χ0n) is 8.00. The minimum atomic E-state index is -4.32. The molecule has 0 bridgehead atoms. The van der Waals surface area contributed by atoms with Gasteiger partial charge in [0, 0.05) is 12.4 Å². The van der Waals surface area contributed by atoms with Crippen molar-refractivity contribution in [2.24, 2.45) is 10.7 Å². The van der Waals surface area contributed by atoms with Gasteiger partial charge >= 0.3 is 6.18 Å². The highest BCUT2D eigenvalue weighted by molar-refractivity contribution is 9.12. The molecule has 0 aromatic heterocycles. The second-order valence-electron chi connectivity index (χ2n) is 2.85. The normalized spacial score (nSPS) is 13.4. The molecular weight excluding hydrogens is 285 g/mol. The Labute approximate surface area is 98.8 Å². The van der Waals surface area contributed by atoms with Crippen molar-refractivity contribution in [1.82, 2.24) is 0 Å². The Hall–Kier alpha value is -1.30. The fraction of sp³-hybridized carbons (Fsp3) is 0.100. The van der Waals surface area contributed by atoms with Gasteiger partial charge in [0.15, 0.2) is 0 Å². The number of rotatable bonds is 2. The lowest BCUT2D eigenvalue weighted by Crippen LogP contribution is -2.03. The summed E-state index contributed by atoms with van der Waals surface area (Å²) in [7, 11) is 0. The molecule has 86 valence electrons. The Bertz CT molecular complexity index is 407. The van der Waals surface area contributed by atoms with E-state index in [4.69, 9.17) is 5.73 Å². The van der Waals surface area contributed by atoms with Crippen LogP contribution in [0, 0.1) is 0 Å². The van der Waals surface area contributed by atoms with Crippen molar-refractivity contribution < 1.29 is 13.2 Å². The predicted molar refractivity (Wildman–Crippen MR) is 60.8 cm³/mol. The molecule has 0 unspecified atom stereocenters. The fourth-order valence-electron chi connectivity index (χ4n) is 0.916. The second kappa shape index (κ2) is 5.16. The van der Waals surface area contributed by atoms with Crippen LogP contribution >= 0.6 is 15.9 Å². The van der Waals surface area contributed by atoms with E-state index >= 15 is 0 Å². The summed E-state index contributed by atoms with van der Waals surface area (Å²) in [4.78, 5) is 3.91. The molecule has 6 heteroatoms. The highest BCUT2D eigenvalue weighted by Crippen LogP contribution is 2.30. The van der Waals surface area contributed by atoms with Crippen LogP contribution in [0.2, 0.25) is 0 Å². The van der Waals surface area contributed by atoms with Gasteiger partial charge in [-0.1, -0.05) is 0 Å². The summed E-state index contributed by atoms with van der Waals surface area (Å²) in [6.07, 6.45) is -1.63. The van der Waals surface area contributed by atoms with Crippen molar-refractivity contribution in [3.63, 3.8) is 0 Å². The number of alkyl halides is 3. The molecule has 0 aliphatic heterocycles. The van der Waals surface area contributed by atoms with Crippen LogP contribution in [0.4, 0.5) is 18.9 Å². The van der Waals surface area contributed by atoms with Crippen LogP contribution in [-0.2, 0) is 6.18 Å². The van der Waals surface area contributed by atoms with Crippen molar-refractivity contribution in [1.29, 1.82) is 0 Å². The van der Waals surface area contributed by atoms with Gasteiger partial charge in [0.1, 0.15) is 0 Å². The van der Waals surface area contributed by atoms with Crippen LogP contribution in [0.3, 0.4) is 0 Å². The Balaban J connectivity index is 2.84. The van der Waals surface area contributed by atoms with E-state index in [0.717, 1.165) is 12.1 Å². The SMILES string of the molecule is N/C=C(/Br)C=Nc1ccc(C(F)(F)F)cc1. The Kier molecular flexibility index (Phi) is 4.12. The molecule has 0 heterocycles. The maximum atomic E-state index is 12.2. The maximum absolute atomic E-state index is 12.2. The van der Waals surface area contributed by atoms with E-state index in [1.54, 1.807) is 0 Å². The quantitative estimate of drug-likeness (QED) is 0.831. The van der Waals surface area contributed by atoms with Crippen molar-refractivity contribution >= 4 is 27.8 Å². The van der Waals surface area contributed by atoms with Crippen LogP contribution in [0.15, 0.2) is 39.9 Å². The first kappa shape index (κ1) is 12.8. The van der Waals surface area contributed by atoms with Crippen LogP contribution in [0.1, 0.15) is 5.56 Å². The van der Waals surface area contributed by atoms with Crippen molar-refractivity contribution in [3.05, 3.63) is 40.5 Å². The van der Waals surface area contributed by atoms with E-state index in [-0.39, 0.29) is 0 Å². The lowest BCUT2D eigenvalue weighted by Gasteiger charge is -2.05. The van der Waals surface area contributed by atoms with Gasteiger partial charge in [-0.15, -0.1) is 0 Å². The summed E-state index contributed by atoms with van der Waals surface area (Å²) < 4.78 is 37.2. The lowest BCUT2D eigenvalue weighted by molar-refractivity contribution is -0.137. The highest BCUT2D eigenvalue weighted by Gasteiger charge is 2.29. The fourth-order valence-corrected chi connectivity index (χ4v) is 1.02. The van der Waals surface area contributed by atoms with Crippen molar-refractivity contribution in [3.8, 4) is 0 Å². The zero-order chi connectivity index (χ0) is 12.2. The summed E-state index contributed by atoms with van der Waals surface area (Å²) in [6, 6.07) is 4.53. The monoisotopic (exact) mass is 292 g/mol. The van der Waals surface area contributed by atoms with Gasteiger partial charge in [-0.25, -0.2) is 0 Å². The molecule has 0 atom stereocenters. The molecule has 0 fully saturated rings. The average molecular weight is 293 g/mol. The Morgan fingerprint density at radius 2 is 1.81 bits per heavy atom. The summed E-state index contributed by atoms with van der Waals surface area (Å²) >= 11 is 3.09. The minimum Gasteiger partial charge on any atom is -0.404 e. The van der Waals surface area contributed by atoms with Crippen molar-refractivity contribution in [2.45, 2.75) is 6.18 Å². The Morgan fingerprint density at radius 3 is 2.25 bits per heavy atom. The molecule has 0 aliphatic rings. The van der Waals surface area contributed by atoms with Gasteiger partial charge < -0.3 is 5.73 Å². The van der Waals surface area contributed by atoms with Crippen LogP contribution < -0.4 is 5.73 Å². The Morgan fingerprint density at radius 1 is 1.25 bits per heavy atom. The summed E-state index contributed by atoms with van der Waals surface area (Å²) in [5.74, 6) is 0. The largest absolute Gasteiger partial charge is 0.416 e. The van der Waals surface area contributed by atoms with E-state index in [1.165, 1.54) is 24.5 Å². The summed E-state index contributed by atoms with van der Waals surface area (Å²) in [5.41, 5.74) is 4.90. The third kappa shape index (κ3) is 3.69. The number of nitrogens with zero attached hydrogens (tertiary/aromatic N) is 1. The zero-order valence-corrected chi connectivity index (χ0v) is 9.59. The topological polar surface area (TPSA) is 38.4 Å². The van der Waals surface area contributed by atoms with E-state index in [1.807, 2.05) is 0 Å². The standard InChI is InChI=1S/C10H8BrF3N2/c11-8(5-15)6-16-9-3-1-7(2-4-9)10(12,13)14/h1-6H,15H2/b8-5+,16-6?. The first-order valence-electron chi connectivity index (χ1n) is 4.22. The maximum Gasteiger partial charge on any atom is 0.416 e. The minimum absolute atomic E-state index is 0.423. The van der Waals surface area contributed by atoms with E-state index in [0.29, 0.717) is 10.2 Å². The molecule has 2 nitrogen and oxygen atoms in total. The van der Waals surface area contributed by atoms with Gasteiger partial charge in [0.2, 0.25) is 0 Å². The molecule has 16 heavy (non-hydrogen) atoms. The summed E-state index contributed by atoms with van der Waals surface area (Å²) in [5, 5.41) is 0. The first-order chi connectivity index (χ1) is 7.43. The average Bonchev–Trinajstić information content (AvgIpc) is 2.25. The number of halogens is 4. The molecule has 0 amide bonds. The van der Waals surface area contributed by atoms with Gasteiger partial charge in [-0.3, -0.25) is 4.99 Å². The molecule has 1 aromatic carbocycles. The number of benzene rings is 1. The highest BCUT2D eigenvalue weighted by atomic mass is 79.9. The van der Waals surface area contributed by atoms with Gasteiger partial charge in [0.05, 0.1) is 15.7 Å². The molecule has 1 rings (SSSR count). The summed E-state index contributed by atoms with van der Waals surface area (Å²) in [6.45, 7) is 0. The number of allylic oxidation sites excluding steroid dienone is 1. The number of hydrogen-bond donors (Lipinski definition) is 1. The van der Waals surface area contributed by atoms with Crippen LogP contribution in [0.25, 0.3) is 0 Å². The number of nitrogens with two attached hydrogens (primary N) is 1. The molecule has 0 spiro atoms. The molecule has 0 radical (unpaired) electrons. The van der Waals surface area contributed by atoms with Gasteiger partial charge in [0.25, 0.3) is 0 Å². The predicted octanol–water partition coefficient (Wildman–Crippen LogP) is 3.60. The molecular formula is C10H8BrF3N2. The smallest absolute Gasteiger partial charge is 0.404 e.